The Morgan fingerprint density at radius 1 is 1.41 bits per heavy atom. The molecule has 0 radical (unpaired) electrons. The number of carbonyl (C=O) groups excluding carboxylic acids is 1. The molecule has 0 spiro atoms. The normalized spacial score (nSPS) is 16.6. The van der Waals surface area contributed by atoms with E-state index in [4.69, 9.17) is 5.73 Å². The third-order valence-corrected chi connectivity index (χ3v) is 6.71. The predicted molar refractivity (Wildman–Crippen MR) is 90.1 cm³/mol. The number of hydrogen-bond donors (Lipinski definition) is 1. The van der Waals surface area contributed by atoms with Gasteiger partial charge < -0.3 is 10.6 Å². The van der Waals surface area contributed by atoms with Crippen LogP contribution in [0.1, 0.15) is 22.5 Å². The average molecular weight is 368 g/mol. The summed E-state index contributed by atoms with van der Waals surface area (Å²) in [7, 11) is -0.655. The van der Waals surface area contributed by atoms with Crippen molar-refractivity contribution >= 4 is 39.7 Å². The summed E-state index contributed by atoms with van der Waals surface area (Å²) in [6.07, 6.45) is 1.76. The Labute approximate surface area is 141 Å². The van der Waals surface area contributed by atoms with Crippen LogP contribution >= 0.6 is 23.7 Å². The summed E-state index contributed by atoms with van der Waals surface area (Å²) < 4.78 is 25.6. The third kappa shape index (κ3) is 3.80. The predicted octanol–water partition coefficient (Wildman–Crippen LogP) is 1.23. The first-order valence-corrected chi connectivity index (χ1v) is 9.19. The second kappa shape index (κ2) is 7.74. The number of nitrogens with two attached hydrogens (primary N) is 1. The highest BCUT2D eigenvalue weighted by molar-refractivity contribution is 7.89. The number of carbonyl (C=O) groups is 1. The molecule has 0 unspecified atom stereocenters. The van der Waals surface area contributed by atoms with E-state index in [0.717, 1.165) is 17.1 Å². The number of thiophene rings is 1. The van der Waals surface area contributed by atoms with E-state index in [9.17, 15) is 13.2 Å². The highest BCUT2D eigenvalue weighted by atomic mass is 35.5. The molecule has 6 nitrogen and oxygen atoms in total. The molecule has 0 saturated carbocycles. The van der Waals surface area contributed by atoms with E-state index < -0.39 is 10.0 Å². The van der Waals surface area contributed by atoms with Crippen molar-refractivity contribution in [3.8, 4) is 0 Å². The van der Waals surface area contributed by atoms with Gasteiger partial charge in [-0.15, -0.1) is 23.7 Å². The van der Waals surface area contributed by atoms with Gasteiger partial charge in [-0.1, -0.05) is 0 Å². The molecule has 22 heavy (non-hydrogen) atoms. The van der Waals surface area contributed by atoms with Crippen LogP contribution in [0.4, 0.5) is 0 Å². The monoisotopic (exact) mass is 367 g/mol. The summed E-state index contributed by atoms with van der Waals surface area (Å²) in [4.78, 5) is 14.7. The lowest BCUT2D eigenvalue weighted by Gasteiger charge is -2.31. The molecule has 1 aromatic rings. The van der Waals surface area contributed by atoms with Crippen LogP contribution in [0.3, 0.4) is 0 Å². The van der Waals surface area contributed by atoms with Crippen LogP contribution in [0.2, 0.25) is 0 Å². The molecule has 126 valence electrons. The summed E-state index contributed by atoms with van der Waals surface area (Å²) in [5.41, 5.74) is 5.65. The molecule has 0 bridgehead atoms. The molecule has 1 amide bonds. The fourth-order valence-corrected chi connectivity index (χ4v) is 4.62. The summed E-state index contributed by atoms with van der Waals surface area (Å²) in [6.45, 7) is 1.92. The van der Waals surface area contributed by atoms with Crippen molar-refractivity contribution in [1.82, 2.24) is 9.21 Å². The van der Waals surface area contributed by atoms with Crippen LogP contribution in [0.5, 0.6) is 0 Å². The quantitative estimate of drug-likeness (QED) is 0.867. The van der Waals surface area contributed by atoms with Crippen molar-refractivity contribution in [2.75, 3.05) is 33.7 Å². The minimum atomic E-state index is -3.59. The Morgan fingerprint density at radius 3 is 2.50 bits per heavy atom. The van der Waals surface area contributed by atoms with Gasteiger partial charge in [-0.05, 0) is 36.8 Å². The molecule has 2 heterocycles. The Morgan fingerprint density at radius 2 is 2.00 bits per heavy atom. The van der Waals surface area contributed by atoms with Crippen LogP contribution in [0.15, 0.2) is 16.3 Å². The highest BCUT2D eigenvalue weighted by Crippen LogP contribution is 2.27. The molecular formula is C13H22ClN3O3S2. The van der Waals surface area contributed by atoms with E-state index in [1.807, 2.05) is 0 Å². The molecule has 0 atom stereocenters. The number of halogens is 1. The lowest BCUT2D eigenvalue weighted by atomic mass is 9.97. The number of nitrogens with zero attached hydrogens (tertiary/aromatic N) is 2. The Hall–Kier alpha value is -0.670. The van der Waals surface area contributed by atoms with Crippen molar-refractivity contribution in [2.24, 2.45) is 11.7 Å². The number of likely N-dealkylation sites (tertiary alicyclic amines) is 1. The molecule has 1 aromatic heterocycles. The van der Waals surface area contributed by atoms with Gasteiger partial charge in [0, 0.05) is 27.2 Å². The van der Waals surface area contributed by atoms with Gasteiger partial charge in [0.2, 0.25) is 10.0 Å². The highest BCUT2D eigenvalue weighted by Gasteiger charge is 2.30. The number of rotatable bonds is 4. The molecule has 0 aliphatic carbocycles. The Kier molecular flexibility index (Phi) is 6.82. The van der Waals surface area contributed by atoms with Gasteiger partial charge in [0.15, 0.2) is 0 Å². The maximum atomic E-state index is 12.6. The van der Waals surface area contributed by atoms with Gasteiger partial charge in [0.25, 0.3) is 5.91 Å². The molecule has 1 fully saturated rings. The fourth-order valence-electron chi connectivity index (χ4n) is 2.37. The second-order valence-corrected chi connectivity index (χ2v) is 8.41. The van der Waals surface area contributed by atoms with E-state index in [1.165, 1.54) is 31.5 Å². The Bertz CT molecular complexity index is 608. The molecule has 0 aromatic carbocycles. The molecule has 2 N–H and O–H groups in total. The third-order valence-electron chi connectivity index (χ3n) is 3.82. The SMILES string of the molecule is CN(C)S(=O)(=O)c1ccsc1C(=O)N1CCC(CN)CC1.Cl. The first-order chi connectivity index (χ1) is 9.87. The van der Waals surface area contributed by atoms with E-state index in [1.54, 1.807) is 10.3 Å². The molecule has 1 saturated heterocycles. The van der Waals surface area contributed by atoms with Gasteiger partial charge in [-0.3, -0.25) is 4.79 Å². The lowest BCUT2D eigenvalue weighted by Crippen LogP contribution is -2.40. The second-order valence-electron chi connectivity index (χ2n) is 5.37. The summed E-state index contributed by atoms with van der Waals surface area (Å²) in [6, 6.07) is 1.50. The van der Waals surface area contributed by atoms with E-state index in [-0.39, 0.29) is 23.2 Å². The van der Waals surface area contributed by atoms with Gasteiger partial charge >= 0.3 is 0 Å². The number of hydrogen-bond acceptors (Lipinski definition) is 5. The van der Waals surface area contributed by atoms with E-state index >= 15 is 0 Å². The maximum absolute atomic E-state index is 12.6. The average Bonchev–Trinajstić information content (AvgIpc) is 2.96. The van der Waals surface area contributed by atoms with Crippen molar-refractivity contribution < 1.29 is 13.2 Å². The molecular weight excluding hydrogens is 346 g/mol. The van der Waals surface area contributed by atoms with Crippen LogP contribution in [-0.4, -0.2) is 57.3 Å². The van der Waals surface area contributed by atoms with Crippen LogP contribution in [0, 0.1) is 5.92 Å². The molecule has 9 heteroatoms. The van der Waals surface area contributed by atoms with Crippen LogP contribution < -0.4 is 5.73 Å². The van der Waals surface area contributed by atoms with Gasteiger partial charge in [0.1, 0.15) is 9.77 Å². The summed E-state index contributed by atoms with van der Waals surface area (Å²) in [5.74, 6) is 0.267. The van der Waals surface area contributed by atoms with Crippen molar-refractivity contribution in [2.45, 2.75) is 17.7 Å². The van der Waals surface area contributed by atoms with Crippen LogP contribution in [-0.2, 0) is 10.0 Å². The topological polar surface area (TPSA) is 83.7 Å². The zero-order valence-corrected chi connectivity index (χ0v) is 15.1. The van der Waals surface area contributed by atoms with Crippen molar-refractivity contribution in [1.29, 1.82) is 0 Å². The van der Waals surface area contributed by atoms with Gasteiger partial charge in [0.05, 0.1) is 0 Å². The number of amides is 1. The minimum Gasteiger partial charge on any atom is -0.338 e. The molecule has 1 aliphatic heterocycles. The standard InChI is InChI=1S/C13H21N3O3S2.ClH/c1-15(2)21(18,19)11-5-8-20-12(11)13(17)16-6-3-10(9-14)4-7-16;/h5,8,10H,3-4,6-7,9,14H2,1-2H3;1H. The fraction of sp³-hybridized carbons (Fsp3) is 0.615. The lowest BCUT2D eigenvalue weighted by molar-refractivity contribution is 0.0694. The van der Waals surface area contributed by atoms with Gasteiger partial charge in [-0.2, -0.15) is 0 Å². The van der Waals surface area contributed by atoms with Crippen LogP contribution in [0.25, 0.3) is 0 Å². The smallest absolute Gasteiger partial charge is 0.265 e. The first-order valence-electron chi connectivity index (χ1n) is 6.87. The number of sulfonamides is 1. The zero-order valence-electron chi connectivity index (χ0n) is 12.7. The maximum Gasteiger partial charge on any atom is 0.265 e. The largest absolute Gasteiger partial charge is 0.338 e. The van der Waals surface area contributed by atoms with Gasteiger partial charge in [-0.25, -0.2) is 12.7 Å². The Balaban J connectivity index is 0.00000242. The van der Waals surface area contributed by atoms with E-state index in [0.29, 0.717) is 30.4 Å². The van der Waals surface area contributed by atoms with Crippen molar-refractivity contribution in [3.05, 3.63) is 16.3 Å². The zero-order chi connectivity index (χ0) is 15.6. The minimum absolute atomic E-state index is 0. The molecule has 1 aliphatic rings. The number of piperidine rings is 1. The molecule has 2 rings (SSSR count). The van der Waals surface area contributed by atoms with E-state index in [2.05, 4.69) is 0 Å². The first kappa shape index (κ1) is 19.4. The van der Waals surface area contributed by atoms with Crippen molar-refractivity contribution in [3.63, 3.8) is 0 Å². The summed E-state index contributed by atoms with van der Waals surface area (Å²) in [5, 5.41) is 1.65. The summed E-state index contributed by atoms with van der Waals surface area (Å²) >= 11 is 1.18.